The maximum atomic E-state index is 2.92. The fraction of sp³-hybridized carbons (Fsp3) is 0.667. The Morgan fingerprint density at radius 2 is 1.68 bits per heavy atom. The molecule has 2 aliphatic carbocycles. The highest BCUT2D eigenvalue weighted by molar-refractivity contribution is 5.42. The summed E-state index contributed by atoms with van der Waals surface area (Å²) in [5, 5.41) is 0. The minimum absolute atomic E-state index is 0.777. The lowest BCUT2D eigenvalue weighted by molar-refractivity contribution is -0.0440. The summed E-state index contributed by atoms with van der Waals surface area (Å²) in [6, 6.07) is 11.1. The van der Waals surface area contributed by atoms with Gasteiger partial charge in [0, 0.05) is 18.0 Å². The molecule has 3 heterocycles. The van der Waals surface area contributed by atoms with Crippen molar-refractivity contribution < 1.29 is 0 Å². The van der Waals surface area contributed by atoms with E-state index < -0.39 is 0 Å². The molecule has 19 heavy (non-hydrogen) atoms. The first kappa shape index (κ1) is 10.9. The van der Waals surface area contributed by atoms with Gasteiger partial charge in [-0.1, -0.05) is 37.1 Å². The van der Waals surface area contributed by atoms with E-state index in [0.717, 1.165) is 29.8 Å². The second kappa shape index (κ2) is 3.85. The lowest BCUT2D eigenvalue weighted by Gasteiger charge is -2.59. The summed E-state index contributed by atoms with van der Waals surface area (Å²) in [7, 11) is 0. The predicted molar refractivity (Wildman–Crippen MR) is 77.1 cm³/mol. The third kappa shape index (κ3) is 1.30. The van der Waals surface area contributed by atoms with E-state index in [1.807, 2.05) is 0 Å². The van der Waals surface area contributed by atoms with Gasteiger partial charge in [0.25, 0.3) is 0 Å². The maximum Gasteiger partial charge on any atom is 0.0385 e. The Balaban J connectivity index is 1.71. The van der Waals surface area contributed by atoms with Crippen LogP contribution in [0, 0.1) is 11.8 Å². The van der Waals surface area contributed by atoms with Crippen molar-refractivity contribution in [2.45, 2.75) is 56.5 Å². The van der Waals surface area contributed by atoms with E-state index in [9.17, 15) is 0 Å². The molecule has 0 radical (unpaired) electrons. The van der Waals surface area contributed by atoms with Crippen molar-refractivity contribution in [1.29, 1.82) is 0 Å². The van der Waals surface area contributed by atoms with Crippen molar-refractivity contribution in [3.05, 3.63) is 35.4 Å². The Bertz CT molecular complexity index is 463. The Morgan fingerprint density at radius 1 is 0.842 bits per heavy atom. The third-order valence-corrected chi connectivity index (χ3v) is 6.53. The molecule has 2 saturated heterocycles. The minimum Gasteiger partial charge on any atom is -0.292 e. The Labute approximate surface area is 116 Å². The number of hydrogen-bond donors (Lipinski definition) is 0. The average Bonchev–Trinajstić information content (AvgIpc) is 2.96. The molecule has 3 fully saturated rings. The van der Waals surface area contributed by atoms with Crippen LogP contribution >= 0.6 is 0 Å². The fourth-order valence-corrected chi connectivity index (χ4v) is 6.03. The van der Waals surface area contributed by atoms with E-state index in [1.54, 1.807) is 11.1 Å². The first-order chi connectivity index (χ1) is 9.45. The molecule has 5 atom stereocenters. The first-order valence-corrected chi connectivity index (χ1v) is 8.30. The van der Waals surface area contributed by atoms with Gasteiger partial charge in [-0.2, -0.15) is 0 Å². The standard InChI is InChI=1S/C18H23N/c1-2-7-14-12(6-1)17-13-8-5-9-15(13)18(14)19-11-4-3-10-16(17)19/h1-2,6-7,13,15-18H,3-5,8-11H2/t13-,15+,16-,17+,18-/m0/s1. The molecule has 1 heteroatoms. The van der Waals surface area contributed by atoms with Crippen LogP contribution in [0.25, 0.3) is 0 Å². The quantitative estimate of drug-likeness (QED) is 0.672. The molecule has 6 rings (SSSR count). The van der Waals surface area contributed by atoms with Gasteiger partial charge in [0.1, 0.15) is 0 Å². The van der Waals surface area contributed by atoms with Crippen molar-refractivity contribution in [2.24, 2.45) is 11.8 Å². The monoisotopic (exact) mass is 253 g/mol. The highest BCUT2D eigenvalue weighted by atomic mass is 15.2. The van der Waals surface area contributed by atoms with Gasteiger partial charge in [-0.25, -0.2) is 0 Å². The summed E-state index contributed by atoms with van der Waals surface area (Å²) in [5.41, 5.74) is 3.44. The van der Waals surface area contributed by atoms with Crippen LogP contribution in [0.3, 0.4) is 0 Å². The highest BCUT2D eigenvalue weighted by Crippen LogP contribution is 2.62. The SMILES string of the molecule is c1ccc2c(c1)[C@@H]1[C@H]3CCC[C@H]3[C@H]2N2CCCC[C@@H]12. The number of hydrogen-bond acceptors (Lipinski definition) is 1. The zero-order valence-corrected chi connectivity index (χ0v) is 11.6. The molecule has 0 unspecified atom stereocenters. The Morgan fingerprint density at radius 3 is 2.63 bits per heavy atom. The number of piperidine rings is 2. The first-order valence-electron chi connectivity index (χ1n) is 8.30. The molecule has 100 valence electrons. The normalized spacial score (nSPS) is 43.7. The van der Waals surface area contributed by atoms with E-state index in [-0.39, 0.29) is 0 Å². The van der Waals surface area contributed by atoms with E-state index in [4.69, 9.17) is 0 Å². The molecule has 1 nitrogen and oxygen atoms in total. The van der Waals surface area contributed by atoms with E-state index in [2.05, 4.69) is 29.2 Å². The number of rotatable bonds is 0. The Hall–Kier alpha value is -0.820. The zero-order chi connectivity index (χ0) is 12.4. The highest BCUT2D eigenvalue weighted by Gasteiger charge is 2.56. The van der Waals surface area contributed by atoms with Crippen molar-refractivity contribution in [2.75, 3.05) is 6.54 Å². The zero-order valence-electron chi connectivity index (χ0n) is 11.6. The van der Waals surface area contributed by atoms with E-state index >= 15 is 0 Å². The van der Waals surface area contributed by atoms with Crippen molar-refractivity contribution in [3.8, 4) is 0 Å². The van der Waals surface area contributed by atoms with E-state index in [0.29, 0.717) is 0 Å². The molecular weight excluding hydrogens is 230 g/mol. The average molecular weight is 253 g/mol. The summed E-state index contributed by atoms with van der Waals surface area (Å²) in [6.07, 6.45) is 8.83. The molecule has 1 aromatic carbocycles. The molecule has 0 amide bonds. The molecular formula is C18H23N. The lowest BCUT2D eigenvalue weighted by atomic mass is 9.59. The van der Waals surface area contributed by atoms with E-state index in [1.165, 1.54) is 45.1 Å². The van der Waals surface area contributed by atoms with Crippen LogP contribution in [-0.4, -0.2) is 17.5 Å². The van der Waals surface area contributed by atoms with Gasteiger partial charge >= 0.3 is 0 Å². The lowest BCUT2D eigenvalue weighted by Crippen LogP contribution is -2.58. The van der Waals surface area contributed by atoms with Crippen LogP contribution in [0.2, 0.25) is 0 Å². The molecule has 0 spiro atoms. The fourth-order valence-electron chi connectivity index (χ4n) is 6.03. The molecule has 0 aromatic heterocycles. The largest absolute Gasteiger partial charge is 0.292 e. The van der Waals surface area contributed by atoms with Crippen LogP contribution in [0.1, 0.15) is 61.6 Å². The summed E-state index contributed by atoms with van der Waals surface area (Å²) in [5.74, 6) is 2.86. The van der Waals surface area contributed by atoms with Gasteiger partial charge < -0.3 is 0 Å². The van der Waals surface area contributed by atoms with Gasteiger partial charge in [-0.05, 0) is 55.2 Å². The van der Waals surface area contributed by atoms with Crippen LogP contribution in [0.4, 0.5) is 0 Å². The third-order valence-electron chi connectivity index (χ3n) is 6.53. The molecule has 3 aliphatic heterocycles. The van der Waals surface area contributed by atoms with Crippen LogP contribution in [0.5, 0.6) is 0 Å². The van der Waals surface area contributed by atoms with Crippen LogP contribution < -0.4 is 0 Å². The van der Waals surface area contributed by atoms with Crippen molar-refractivity contribution in [1.82, 2.24) is 4.90 Å². The number of nitrogens with zero attached hydrogens (tertiary/aromatic N) is 1. The molecule has 2 bridgehead atoms. The molecule has 0 N–H and O–H groups in total. The molecule has 1 saturated carbocycles. The van der Waals surface area contributed by atoms with Crippen LogP contribution in [-0.2, 0) is 0 Å². The van der Waals surface area contributed by atoms with Crippen LogP contribution in [0.15, 0.2) is 24.3 Å². The smallest absolute Gasteiger partial charge is 0.0385 e. The molecule has 1 aromatic rings. The minimum atomic E-state index is 0.777. The predicted octanol–water partition coefficient (Wildman–Crippen LogP) is 4.11. The maximum absolute atomic E-state index is 2.92. The van der Waals surface area contributed by atoms with Crippen molar-refractivity contribution in [3.63, 3.8) is 0 Å². The summed E-state index contributed by atoms with van der Waals surface area (Å²) >= 11 is 0. The van der Waals surface area contributed by atoms with Gasteiger partial charge in [0.15, 0.2) is 0 Å². The summed E-state index contributed by atoms with van der Waals surface area (Å²) in [6.45, 7) is 1.36. The summed E-state index contributed by atoms with van der Waals surface area (Å²) < 4.78 is 0. The van der Waals surface area contributed by atoms with Gasteiger partial charge in [0.2, 0.25) is 0 Å². The van der Waals surface area contributed by atoms with Crippen molar-refractivity contribution >= 4 is 0 Å². The van der Waals surface area contributed by atoms with Gasteiger partial charge in [-0.3, -0.25) is 4.90 Å². The van der Waals surface area contributed by atoms with Gasteiger partial charge in [0.05, 0.1) is 0 Å². The summed E-state index contributed by atoms with van der Waals surface area (Å²) in [4.78, 5) is 2.92. The molecule has 5 aliphatic rings. The number of benzene rings is 1. The second-order valence-corrected chi connectivity index (χ2v) is 7.16. The Kier molecular flexibility index (Phi) is 2.21. The topological polar surface area (TPSA) is 3.24 Å². The van der Waals surface area contributed by atoms with Gasteiger partial charge in [-0.15, -0.1) is 0 Å². The second-order valence-electron chi connectivity index (χ2n) is 7.16.